The van der Waals surface area contributed by atoms with Crippen LogP contribution in [0, 0.1) is 12.8 Å². The van der Waals surface area contributed by atoms with Gasteiger partial charge in [-0.3, -0.25) is 14.5 Å². The van der Waals surface area contributed by atoms with Gasteiger partial charge in [-0.2, -0.15) is 0 Å². The molecule has 0 spiro atoms. The summed E-state index contributed by atoms with van der Waals surface area (Å²) in [6.07, 6.45) is 11.6. The molecule has 12 nitrogen and oxygen atoms in total. The van der Waals surface area contributed by atoms with Crippen LogP contribution in [0.15, 0.2) is 37.1 Å². The molecule has 0 radical (unpaired) electrons. The minimum absolute atomic E-state index is 0.0367. The van der Waals surface area contributed by atoms with Crippen LogP contribution in [0.2, 0.25) is 0 Å². The van der Waals surface area contributed by atoms with Crippen molar-refractivity contribution in [3.63, 3.8) is 0 Å². The van der Waals surface area contributed by atoms with Crippen LogP contribution in [0.1, 0.15) is 66.8 Å². The fraction of sp³-hybridized carbons (Fsp3) is 0.429. The van der Waals surface area contributed by atoms with Crippen molar-refractivity contribution in [3.8, 4) is 0 Å². The van der Waals surface area contributed by atoms with Crippen LogP contribution in [0.3, 0.4) is 0 Å². The standard InChI is InChI=1S/C28H30N10O2/c1-16-7-8-29-25(32-16)19-10-20(19)28(40)35-22-11-23(31-15-30-22)36(2)12-18-13-37-14-21(17-5-6-17)34-27(26(37)33-18)38-9-3-4-24(38)39/h7-8,11,13-15,17,19-20H,3-6,9-10,12H2,1-2H3,(H,30,31,35,40). The lowest BCUT2D eigenvalue weighted by Crippen LogP contribution is -2.26. The number of anilines is 3. The van der Waals surface area contributed by atoms with Gasteiger partial charge >= 0.3 is 0 Å². The second-order valence-electron chi connectivity index (χ2n) is 11.0. The second-order valence-corrected chi connectivity index (χ2v) is 11.0. The number of hydrogen-bond acceptors (Lipinski definition) is 9. The summed E-state index contributed by atoms with van der Waals surface area (Å²) in [5.41, 5.74) is 3.43. The van der Waals surface area contributed by atoms with Crippen molar-refractivity contribution in [1.82, 2.24) is 34.3 Å². The highest BCUT2D eigenvalue weighted by molar-refractivity contribution is 5.97. The third kappa shape index (κ3) is 4.74. The molecule has 1 aliphatic heterocycles. The molecule has 0 aromatic carbocycles. The van der Waals surface area contributed by atoms with E-state index in [0.717, 1.165) is 42.8 Å². The largest absolute Gasteiger partial charge is 0.354 e. The Morgan fingerprint density at radius 2 is 2.02 bits per heavy atom. The Morgan fingerprint density at radius 3 is 2.80 bits per heavy atom. The molecule has 5 heterocycles. The Bertz CT molecular complexity index is 1630. The minimum Gasteiger partial charge on any atom is -0.354 e. The summed E-state index contributed by atoms with van der Waals surface area (Å²) >= 11 is 0. The number of carbonyl (C=O) groups excluding carboxylic acids is 2. The molecule has 3 aliphatic rings. The molecule has 1 N–H and O–H groups in total. The number of hydrogen-bond donors (Lipinski definition) is 1. The van der Waals surface area contributed by atoms with Gasteiger partial charge in [-0.25, -0.2) is 29.9 Å². The Labute approximate surface area is 230 Å². The molecule has 2 atom stereocenters. The van der Waals surface area contributed by atoms with Gasteiger partial charge in [-0.05, 0) is 38.7 Å². The molecule has 3 fully saturated rings. The maximum Gasteiger partial charge on any atom is 0.229 e. The molecule has 12 heteroatoms. The Morgan fingerprint density at radius 1 is 1.15 bits per heavy atom. The molecular formula is C28H30N10O2. The van der Waals surface area contributed by atoms with E-state index in [0.29, 0.717) is 54.4 Å². The molecule has 2 amide bonds. The van der Waals surface area contributed by atoms with E-state index in [4.69, 9.17) is 9.97 Å². The van der Waals surface area contributed by atoms with Crippen molar-refractivity contribution in [2.75, 3.05) is 28.7 Å². The lowest BCUT2D eigenvalue weighted by molar-refractivity contribution is -0.118. The first kappa shape index (κ1) is 24.6. The first-order valence-electron chi connectivity index (χ1n) is 13.8. The third-order valence-electron chi connectivity index (χ3n) is 7.78. The number of fused-ring (bicyclic) bond motifs is 1. The van der Waals surface area contributed by atoms with Crippen LogP contribution in [-0.4, -0.2) is 59.7 Å². The van der Waals surface area contributed by atoms with Gasteiger partial charge in [0.15, 0.2) is 11.5 Å². The van der Waals surface area contributed by atoms with E-state index in [9.17, 15) is 9.59 Å². The fourth-order valence-corrected chi connectivity index (χ4v) is 5.34. The van der Waals surface area contributed by atoms with Gasteiger partial charge in [0.05, 0.1) is 17.9 Å². The second kappa shape index (κ2) is 9.61. The van der Waals surface area contributed by atoms with E-state index < -0.39 is 0 Å². The molecule has 40 heavy (non-hydrogen) atoms. The number of carbonyl (C=O) groups is 2. The topological polar surface area (TPSA) is 134 Å². The van der Waals surface area contributed by atoms with Crippen molar-refractivity contribution >= 4 is 34.9 Å². The minimum atomic E-state index is -0.165. The summed E-state index contributed by atoms with van der Waals surface area (Å²) in [6.45, 7) is 3.07. The predicted octanol–water partition coefficient (Wildman–Crippen LogP) is 3.00. The number of nitrogens with one attached hydrogen (secondary N) is 1. The molecule has 1 saturated heterocycles. The quantitative estimate of drug-likeness (QED) is 0.359. The predicted molar refractivity (Wildman–Crippen MR) is 147 cm³/mol. The van der Waals surface area contributed by atoms with Crippen molar-refractivity contribution in [1.29, 1.82) is 0 Å². The first-order chi connectivity index (χ1) is 19.4. The molecule has 2 unspecified atom stereocenters. The zero-order chi connectivity index (χ0) is 27.4. The Balaban J connectivity index is 1.07. The molecular weight excluding hydrogens is 508 g/mol. The van der Waals surface area contributed by atoms with Crippen LogP contribution in [0.4, 0.5) is 17.5 Å². The maximum absolute atomic E-state index is 12.9. The van der Waals surface area contributed by atoms with Crippen LogP contribution >= 0.6 is 0 Å². The Kier molecular flexibility index (Phi) is 5.90. The number of nitrogens with zero attached hydrogens (tertiary/aromatic N) is 9. The third-order valence-corrected chi connectivity index (χ3v) is 7.78. The molecule has 4 aromatic heterocycles. The average Bonchev–Trinajstić information content (AvgIpc) is 3.86. The van der Waals surface area contributed by atoms with Crippen LogP contribution in [-0.2, 0) is 16.1 Å². The van der Waals surface area contributed by atoms with Gasteiger partial charge in [-0.1, -0.05) is 0 Å². The number of rotatable bonds is 8. The molecule has 204 valence electrons. The number of amides is 2. The highest BCUT2D eigenvalue weighted by Gasteiger charge is 2.46. The highest BCUT2D eigenvalue weighted by Crippen LogP contribution is 2.46. The molecule has 7 rings (SSSR count). The summed E-state index contributed by atoms with van der Waals surface area (Å²) in [5.74, 6) is 2.81. The molecule has 0 bridgehead atoms. The zero-order valence-electron chi connectivity index (χ0n) is 22.5. The lowest BCUT2D eigenvalue weighted by atomic mass is 10.2. The number of aromatic nitrogens is 7. The maximum atomic E-state index is 12.9. The van der Waals surface area contributed by atoms with Crippen molar-refractivity contribution in [2.45, 2.75) is 57.4 Å². The van der Waals surface area contributed by atoms with Gasteiger partial charge in [0.25, 0.3) is 0 Å². The summed E-state index contributed by atoms with van der Waals surface area (Å²) < 4.78 is 2.00. The van der Waals surface area contributed by atoms with Crippen LogP contribution in [0.5, 0.6) is 0 Å². The SMILES string of the molecule is Cc1ccnc(C2CC2C(=O)Nc2cc(N(C)Cc3cn4cc(C5CC5)nc(N5CCCC5=O)c4n3)ncn2)n1. The van der Waals surface area contributed by atoms with Gasteiger partial charge in [0.1, 0.15) is 23.8 Å². The number of imidazole rings is 1. The fourth-order valence-electron chi connectivity index (χ4n) is 5.34. The zero-order valence-corrected chi connectivity index (χ0v) is 22.5. The van der Waals surface area contributed by atoms with E-state index in [1.807, 2.05) is 41.7 Å². The summed E-state index contributed by atoms with van der Waals surface area (Å²) in [7, 11) is 1.92. The molecule has 2 saturated carbocycles. The van der Waals surface area contributed by atoms with Gasteiger partial charge in [0.2, 0.25) is 11.8 Å². The van der Waals surface area contributed by atoms with Gasteiger partial charge < -0.3 is 14.6 Å². The van der Waals surface area contributed by atoms with Gasteiger partial charge in [-0.15, -0.1) is 0 Å². The molecule has 4 aromatic rings. The van der Waals surface area contributed by atoms with Crippen LogP contribution in [0.25, 0.3) is 5.65 Å². The highest BCUT2D eigenvalue weighted by atomic mass is 16.2. The first-order valence-corrected chi connectivity index (χ1v) is 13.8. The monoisotopic (exact) mass is 538 g/mol. The number of aryl methyl sites for hydroxylation is 1. The lowest BCUT2D eigenvalue weighted by Gasteiger charge is -2.17. The van der Waals surface area contributed by atoms with E-state index in [2.05, 4.69) is 25.3 Å². The average molecular weight is 539 g/mol. The summed E-state index contributed by atoms with van der Waals surface area (Å²) in [5, 5.41) is 2.93. The Hall–Kier alpha value is -4.48. The molecule has 2 aliphatic carbocycles. The van der Waals surface area contributed by atoms with Crippen molar-refractivity contribution < 1.29 is 9.59 Å². The van der Waals surface area contributed by atoms with E-state index in [-0.39, 0.29) is 23.7 Å². The van der Waals surface area contributed by atoms with Crippen molar-refractivity contribution in [3.05, 3.63) is 60.0 Å². The summed E-state index contributed by atoms with van der Waals surface area (Å²) in [6, 6.07) is 3.61. The van der Waals surface area contributed by atoms with Crippen molar-refractivity contribution in [2.24, 2.45) is 5.92 Å². The normalized spacial score (nSPS) is 20.2. The van der Waals surface area contributed by atoms with E-state index in [1.165, 1.54) is 6.33 Å². The van der Waals surface area contributed by atoms with E-state index in [1.54, 1.807) is 17.2 Å². The smallest absolute Gasteiger partial charge is 0.229 e. The van der Waals surface area contributed by atoms with E-state index >= 15 is 0 Å². The summed E-state index contributed by atoms with van der Waals surface area (Å²) in [4.78, 5) is 56.3. The van der Waals surface area contributed by atoms with Gasteiger partial charge in [0, 0.05) is 68.1 Å². The van der Waals surface area contributed by atoms with Crippen LogP contribution < -0.4 is 15.1 Å².